The van der Waals surface area contributed by atoms with Crippen LogP contribution >= 0.6 is 0 Å². The Morgan fingerprint density at radius 2 is 1.76 bits per heavy atom. The number of rotatable bonds is 8. The van der Waals surface area contributed by atoms with E-state index < -0.39 is 5.97 Å². The van der Waals surface area contributed by atoms with Crippen molar-refractivity contribution < 1.29 is 19.1 Å². The largest absolute Gasteiger partial charge is 0.493 e. The van der Waals surface area contributed by atoms with Gasteiger partial charge < -0.3 is 14.8 Å². The molecule has 2 aromatic carbocycles. The summed E-state index contributed by atoms with van der Waals surface area (Å²) in [5.74, 6) is -0.0916. The fourth-order valence-electron chi connectivity index (χ4n) is 2.20. The van der Waals surface area contributed by atoms with Crippen LogP contribution in [0.1, 0.15) is 24.5 Å². The van der Waals surface area contributed by atoms with Gasteiger partial charge in [-0.1, -0.05) is 37.3 Å². The van der Waals surface area contributed by atoms with E-state index in [0.29, 0.717) is 5.69 Å². The SMILES string of the molecule is CCc1ccc(NC(=O)COC(=O)CCOc2ccccc2C)cc1. The standard InChI is InChI=1S/C20H23NO4/c1-3-16-8-10-17(11-9-16)21-19(22)14-25-20(23)12-13-24-18-7-5-4-6-15(18)2/h4-11H,3,12-14H2,1-2H3,(H,21,22). The molecule has 1 N–H and O–H groups in total. The molecule has 0 saturated heterocycles. The number of nitrogens with one attached hydrogen (secondary N) is 1. The second kappa shape index (κ2) is 9.47. The first kappa shape index (κ1) is 18.5. The summed E-state index contributed by atoms with van der Waals surface area (Å²) in [7, 11) is 0. The molecule has 25 heavy (non-hydrogen) atoms. The third-order valence-corrected chi connectivity index (χ3v) is 3.67. The number of para-hydroxylation sites is 1. The summed E-state index contributed by atoms with van der Waals surface area (Å²) in [5, 5.41) is 2.69. The number of esters is 1. The number of carbonyl (C=O) groups excluding carboxylic acids is 2. The molecule has 0 aliphatic carbocycles. The molecule has 0 heterocycles. The fraction of sp³-hybridized carbons (Fsp3) is 0.300. The molecule has 0 aliphatic rings. The number of carbonyl (C=O) groups is 2. The number of hydrogen-bond acceptors (Lipinski definition) is 4. The Morgan fingerprint density at radius 3 is 2.44 bits per heavy atom. The van der Waals surface area contributed by atoms with Crippen molar-refractivity contribution in [2.24, 2.45) is 0 Å². The molecule has 0 radical (unpaired) electrons. The van der Waals surface area contributed by atoms with Gasteiger partial charge >= 0.3 is 5.97 Å². The van der Waals surface area contributed by atoms with Crippen LogP contribution in [0, 0.1) is 6.92 Å². The predicted octanol–water partition coefficient (Wildman–Crippen LogP) is 3.51. The lowest BCUT2D eigenvalue weighted by molar-refractivity contribution is -0.147. The average molecular weight is 341 g/mol. The minimum absolute atomic E-state index is 0.0901. The van der Waals surface area contributed by atoms with Crippen LogP contribution in [-0.4, -0.2) is 25.1 Å². The van der Waals surface area contributed by atoms with E-state index in [1.165, 1.54) is 5.56 Å². The van der Waals surface area contributed by atoms with E-state index in [-0.39, 0.29) is 25.5 Å². The topological polar surface area (TPSA) is 64.6 Å². The maximum atomic E-state index is 11.8. The predicted molar refractivity (Wildman–Crippen MR) is 96.7 cm³/mol. The Bertz CT molecular complexity index is 710. The van der Waals surface area contributed by atoms with Crippen LogP contribution in [0.15, 0.2) is 48.5 Å². The Kier molecular flexibility index (Phi) is 7.01. The smallest absolute Gasteiger partial charge is 0.309 e. The summed E-state index contributed by atoms with van der Waals surface area (Å²) < 4.78 is 10.5. The minimum atomic E-state index is -0.468. The van der Waals surface area contributed by atoms with Gasteiger partial charge in [0.1, 0.15) is 5.75 Å². The molecule has 2 rings (SSSR count). The first-order valence-electron chi connectivity index (χ1n) is 8.31. The van der Waals surface area contributed by atoms with Crippen LogP contribution in [0.25, 0.3) is 0 Å². The highest BCUT2D eigenvalue weighted by molar-refractivity contribution is 5.92. The van der Waals surface area contributed by atoms with E-state index in [1.807, 2.05) is 55.5 Å². The van der Waals surface area contributed by atoms with Gasteiger partial charge in [0.15, 0.2) is 6.61 Å². The van der Waals surface area contributed by atoms with Gasteiger partial charge in [0.05, 0.1) is 13.0 Å². The third-order valence-electron chi connectivity index (χ3n) is 3.67. The number of amides is 1. The zero-order valence-corrected chi connectivity index (χ0v) is 14.6. The van der Waals surface area contributed by atoms with E-state index in [2.05, 4.69) is 12.2 Å². The molecule has 0 spiro atoms. The molecule has 132 valence electrons. The van der Waals surface area contributed by atoms with Crippen molar-refractivity contribution in [1.82, 2.24) is 0 Å². The molecule has 0 aromatic heterocycles. The summed E-state index contributed by atoms with van der Waals surface area (Å²) in [6.07, 6.45) is 1.03. The van der Waals surface area contributed by atoms with Crippen LogP contribution in [0.3, 0.4) is 0 Å². The zero-order valence-electron chi connectivity index (χ0n) is 14.6. The first-order valence-corrected chi connectivity index (χ1v) is 8.31. The van der Waals surface area contributed by atoms with E-state index >= 15 is 0 Å². The van der Waals surface area contributed by atoms with Gasteiger partial charge in [-0.3, -0.25) is 9.59 Å². The van der Waals surface area contributed by atoms with Crippen molar-refractivity contribution in [3.8, 4) is 5.75 Å². The van der Waals surface area contributed by atoms with Gasteiger partial charge in [0.25, 0.3) is 5.91 Å². The molecule has 5 heteroatoms. The van der Waals surface area contributed by atoms with Gasteiger partial charge in [-0.2, -0.15) is 0 Å². The molecule has 2 aromatic rings. The van der Waals surface area contributed by atoms with Gasteiger partial charge in [-0.15, -0.1) is 0 Å². The number of benzene rings is 2. The van der Waals surface area contributed by atoms with Crippen molar-refractivity contribution in [2.45, 2.75) is 26.7 Å². The van der Waals surface area contributed by atoms with Gasteiger partial charge in [-0.25, -0.2) is 0 Å². The molecule has 0 saturated carbocycles. The zero-order chi connectivity index (χ0) is 18.1. The van der Waals surface area contributed by atoms with E-state index in [1.54, 1.807) is 0 Å². The van der Waals surface area contributed by atoms with E-state index in [4.69, 9.17) is 9.47 Å². The average Bonchev–Trinajstić information content (AvgIpc) is 2.62. The Labute approximate surface area is 148 Å². The lowest BCUT2D eigenvalue weighted by Crippen LogP contribution is -2.21. The molecular formula is C20H23NO4. The number of hydrogen-bond donors (Lipinski definition) is 1. The van der Waals surface area contributed by atoms with Crippen molar-refractivity contribution >= 4 is 17.6 Å². The highest BCUT2D eigenvalue weighted by atomic mass is 16.5. The van der Waals surface area contributed by atoms with Crippen LogP contribution in [0.4, 0.5) is 5.69 Å². The van der Waals surface area contributed by atoms with E-state index in [0.717, 1.165) is 17.7 Å². The molecule has 0 atom stereocenters. The summed E-state index contributed by atoms with van der Waals surface area (Å²) in [4.78, 5) is 23.5. The molecular weight excluding hydrogens is 318 g/mol. The molecule has 0 unspecified atom stereocenters. The molecule has 0 aliphatic heterocycles. The summed E-state index contributed by atoms with van der Waals surface area (Å²) in [6, 6.07) is 15.1. The van der Waals surface area contributed by atoms with Crippen LogP contribution in [-0.2, 0) is 20.7 Å². The quantitative estimate of drug-likeness (QED) is 0.746. The van der Waals surface area contributed by atoms with Gasteiger partial charge in [0.2, 0.25) is 0 Å². The summed E-state index contributed by atoms with van der Waals surface area (Å²) in [5.41, 5.74) is 2.88. The fourth-order valence-corrected chi connectivity index (χ4v) is 2.20. The number of aryl methyl sites for hydroxylation is 2. The summed E-state index contributed by atoms with van der Waals surface area (Å²) in [6.45, 7) is 3.91. The van der Waals surface area contributed by atoms with Crippen LogP contribution in [0.2, 0.25) is 0 Å². The van der Waals surface area contributed by atoms with Crippen molar-refractivity contribution in [3.05, 3.63) is 59.7 Å². The molecule has 0 fully saturated rings. The monoisotopic (exact) mass is 341 g/mol. The summed E-state index contributed by atoms with van der Waals surface area (Å²) >= 11 is 0. The Morgan fingerprint density at radius 1 is 1.04 bits per heavy atom. The maximum Gasteiger partial charge on any atom is 0.309 e. The number of anilines is 1. The molecule has 0 bridgehead atoms. The highest BCUT2D eigenvalue weighted by Crippen LogP contribution is 2.16. The van der Waals surface area contributed by atoms with E-state index in [9.17, 15) is 9.59 Å². The van der Waals surface area contributed by atoms with Crippen molar-refractivity contribution in [1.29, 1.82) is 0 Å². The van der Waals surface area contributed by atoms with Crippen molar-refractivity contribution in [2.75, 3.05) is 18.5 Å². The van der Waals surface area contributed by atoms with Gasteiger partial charge in [0, 0.05) is 5.69 Å². The third kappa shape index (κ3) is 6.30. The lowest BCUT2D eigenvalue weighted by atomic mass is 10.1. The van der Waals surface area contributed by atoms with Crippen molar-refractivity contribution in [3.63, 3.8) is 0 Å². The lowest BCUT2D eigenvalue weighted by Gasteiger charge is -2.09. The molecule has 1 amide bonds. The minimum Gasteiger partial charge on any atom is -0.493 e. The Balaban J connectivity index is 1.66. The molecule has 5 nitrogen and oxygen atoms in total. The normalized spacial score (nSPS) is 10.2. The second-order valence-corrected chi connectivity index (χ2v) is 5.62. The van der Waals surface area contributed by atoms with Crippen LogP contribution in [0.5, 0.6) is 5.75 Å². The number of ether oxygens (including phenoxy) is 2. The Hall–Kier alpha value is -2.82. The first-order chi connectivity index (χ1) is 12.1. The van der Waals surface area contributed by atoms with Crippen LogP contribution < -0.4 is 10.1 Å². The second-order valence-electron chi connectivity index (χ2n) is 5.62. The van der Waals surface area contributed by atoms with Gasteiger partial charge in [-0.05, 0) is 42.7 Å². The highest BCUT2D eigenvalue weighted by Gasteiger charge is 2.09. The maximum absolute atomic E-state index is 11.8.